The smallest absolute Gasteiger partial charge is 0.299 e. The average molecular weight is 307 g/mol. The second kappa shape index (κ2) is 4.89. The molecule has 1 aliphatic heterocycles. The van der Waals surface area contributed by atoms with E-state index in [4.69, 9.17) is 23.2 Å². The lowest BCUT2D eigenvalue weighted by atomic mass is 10.1. The molecule has 6 heteroatoms. The maximum atomic E-state index is 12.1. The molecule has 0 spiro atoms. The van der Waals surface area contributed by atoms with Crippen LogP contribution in [0, 0.1) is 0 Å². The Balaban J connectivity index is 2.04. The van der Waals surface area contributed by atoms with E-state index in [9.17, 15) is 9.59 Å². The van der Waals surface area contributed by atoms with Gasteiger partial charge in [0, 0.05) is 12.4 Å². The summed E-state index contributed by atoms with van der Waals surface area (Å²) in [6, 6.07) is 6.70. The lowest BCUT2D eigenvalue weighted by molar-refractivity contribution is -0.114. The summed E-state index contributed by atoms with van der Waals surface area (Å²) in [5.74, 6) is -1.18. The molecule has 0 bridgehead atoms. The molecule has 0 atom stereocenters. The van der Waals surface area contributed by atoms with Crippen molar-refractivity contribution in [3.63, 3.8) is 0 Å². The van der Waals surface area contributed by atoms with Crippen LogP contribution in [0.4, 0.5) is 5.69 Å². The standard InChI is InChI=1S/C14H8Cl2N2O2/c15-9-2-1-3-11-12(9)13(19)14(20)18(11)7-8-4-5-17-6-10(8)16/h1-6H,7H2. The predicted molar refractivity (Wildman–Crippen MR) is 76.2 cm³/mol. The SMILES string of the molecule is O=C1C(=O)N(Cc2ccncc2Cl)c2cccc(Cl)c21. The fourth-order valence-corrected chi connectivity index (χ4v) is 2.60. The van der Waals surface area contributed by atoms with Crippen molar-refractivity contribution in [2.24, 2.45) is 0 Å². The number of benzene rings is 1. The van der Waals surface area contributed by atoms with Crippen molar-refractivity contribution in [1.82, 2.24) is 4.98 Å². The number of carbonyl (C=O) groups is 2. The number of hydrogen-bond acceptors (Lipinski definition) is 3. The van der Waals surface area contributed by atoms with Crippen LogP contribution in [0.5, 0.6) is 0 Å². The van der Waals surface area contributed by atoms with Crippen LogP contribution >= 0.6 is 23.2 Å². The number of nitrogens with zero attached hydrogens (tertiary/aromatic N) is 2. The third-order valence-corrected chi connectivity index (χ3v) is 3.79. The second-order valence-corrected chi connectivity index (χ2v) is 5.14. The molecule has 1 aromatic heterocycles. The summed E-state index contributed by atoms with van der Waals surface area (Å²) in [6.07, 6.45) is 3.08. The van der Waals surface area contributed by atoms with Gasteiger partial charge in [-0.15, -0.1) is 0 Å². The molecule has 0 fully saturated rings. The lowest BCUT2D eigenvalue weighted by Gasteiger charge is -2.17. The number of Topliss-reactive ketones (excluding diaryl/α,β-unsaturated/α-hetero) is 1. The number of fused-ring (bicyclic) bond motifs is 1. The van der Waals surface area contributed by atoms with E-state index in [-0.39, 0.29) is 17.1 Å². The number of amides is 1. The number of carbonyl (C=O) groups excluding carboxylic acids is 2. The van der Waals surface area contributed by atoms with Crippen LogP contribution in [-0.2, 0) is 11.3 Å². The summed E-state index contributed by atoms with van der Waals surface area (Å²) in [7, 11) is 0. The van der Waals surface area contributed by atoms with Crippen molar-refractivity contribution in [1.29, 1.82) is 0 Å². The molecule has 1 aromatic carbocycles. The van der Waals surface area contributed by atoms with E-state index in [0.717, 1.165) is 5.56 Å². The third kappa shape index (κ3) is 1.97. The first-order valence-electron chi connectivity index (χ1n) is 5.82. The largest absolute Gasteiger partial charge is 0.300 e. The van der Waals surface area contributed by atoms with Gasteiger partial charge in [-0.1, -0.05) is 29.3 Å². The number of pyridine rings is 1. The number of halogens is 2. The summed E-state index contributed by atoms with van der Waals surface area (Å²) >= 11 is 12.0. The zero-order valence-electron chi connectivity index (χ0n) is 10.1. The Kier molecular flexibility index (Phi) is 3.20. The zero-order chi connectivity index (χ0) is 14.3. The van der Waals surface area contributed by atoms with Crippen LogP contribution in [0.3, 0.4) is 0 Å². The van der Waals surface area contributed by atoms with Crippen LogP contribution in [0.1, 0.15) is 15.9 Å². The summed E-state index contributed by atoms with van der Waals surface area (Å²) in [6.45, 7) is 0.208. The van der Waals surface area contributed by atoms with Gasteiger partial charge in [-0.25, -0.2) is 0 Å². The first-order chi connectivity index (χ1) is 9.59. The highest BCUT2D eigenvalue weighted by molar-refractivity contribution is 6.55. The summed E-state index contributed by atoms with van der Waals surface area (Å²) in [4.78, 5) is 29.3. The molecule has 2 aromatic rings. The van der Waals surface area contributed by atoms with Crippen molar-refractivity contribution in [2.45, 2.75) is 6.54 Å². The van der Waals surface area contributed by atoms with Crippen molar-refractivity contribution in [2.75, 3.05) is 4.90 Å². The monoisotopic (exact) mass is 306 g/mol. The Bertz CT molecular complexity index is 731. The van der Waals surface area contributed by atoms with E-state index in [1.54, 1.807) is 30.5 Å². The highest BCUT2D eigenvalue weighted by Gasteiger charge is 2.37. The van der Waals surface area contributed by atoms with Crippen LogP contribution in [0.15, 0.2) is 36.7 Å². The number of hydrogen-bond donors (Lipinski definition) is 0. The molecule has 20 heavy (non-hydrogen) atoms. The normalized spacial score (nSPS) is 13.8. The Hall–Kier alpha value is -1.91. The van der Waals surface area contributed by atoms with Crippen LogP contribution in [-0.4, -0.2) is 16.7 Å². The Labute approximate surface area is 124 Å². The molecule has 1 amide bonds. The maximum Gasteiger partial charge on any atom is 0.299 e. The van der Waals surface area contributed by atoms with Gasteiger partial charge in [0.1, 0.15) is 0 Å². The topological polar surface area (TPSA) is 50.3 Å². The van der Waals surface area contributed by atoms with E-state index < -0.39 is 11.7 Å². The van der Waals surface area contributed by atoms with Gasteiger partial charge in [-0.2, -0.15) is 0 Å². The highest BCUT2D eigenvalue weighted by atomic mass is 35.5. The van der Waals surface area contributed by atoms with E-state index >= 15 is 0 Å². The van der Waals surface area contributed by atoms with E-state index in [1.165, 1.54) is 11.1 Å². The van der Waals surface area contributed by atoms with Gasteiger partial charge >= 0.3 is 0 Å². The van der Waals surface area contributed by atoms with Crippen molar-refractivity contribution < 1.29 is 9.59 Å². The van der Waals surface area contributed by atoms with Crippen LogP contribution in [0.2, 0.25) is 10.0 Å². The number of rotatable bonds is 2. The van der Waals surface area contributed by atoms with E-state index in [2.05, 4.69) is 4.98 Å². The molecule has 2 heterocycles. The first-order valence-corrected chi connectivity index (χ1v) is 6.58. The zero-order valence-corrected chi connectivity index (χ0v) is 11.6. The number of ketones is 1. The molecule has 0 radical (unpaired) electrons. The molecule has 0 saturated carbocycles. The maximum absolute atomic E-state index is 12.1. The van der Waals surface area contributed by atoms with Crippen molar-refractivity contribution in [3.8, 4) is 0 Å². The second-order valence-electron chi connectivity index (χ2n) is 4.32. The van der Waals surface area contributed by atoms with Crippen LogP contribution in [0.25, 0.3) is 0 Å². The van der Waals surface area contributed by atoms with Gasteiger partial charge < -0.3 is 4.90 Å². The van der Waals surface area contributed by atoms with Crippen LogP contribution < -0.4 is 4.90 Å². The third-order valence-electron chi connectivity index (χ3n) is 3.13. The summed E-state index contributed by atoms with van der Waals surface area (Å²) in [5.41, 5.74) is 1.49. The van der Waals surface area contributed by atoms with Gasteiger partial charge in [0.15, 0.2) is 0 Å². The van der Waals surface area contributed by atoms with Gasteiger partial charge in [0.05, 0.1) is 27.8 Å². The molecular weight excluding hydrogens is 299 g/mol. The average Bonchev–Trinajstić information content (AvgIpc) is 2.67. The van der Waals surface area contributed by atoms with Crippen molar-refractivity contribution >= 4 is 40.6 Å². The Morgan fingerprint density at radius 3 is 2.65 bits per heavy atom. The summed E-state index contributed by atoms with van der Waals surface area (Å²) < 4.78 is 0. The Morgan fingerprint density at radius 1 is 1.10 bits per heavy atom. The minimum atomic E-state index is -0.596. The number of anilines is 1. The molecular formula is C14H8Cl2N2O2. The molecule has 0 saturated heterocycles. The fourth-order valence-electron chi connectivity index (χ4n) is 2.16. The first kappa shape index (κ1) is 13.1. The van der Waals surface area contributed by atoms with Gasteiger partial charge in [-0.05, 0) is 23.8 Å². The quantitative estimate of drug-likeness (QED) is 0.801. The van der Waals surface area contributed by atoms with Crippen molar-refractivity contribution in [3.05, 3.63) is 57.8 Å². The molecule has 1 aliphatic rings. The van der Waals surface area contributed by atoms with Gasteiger partial charge in [0.25, 0.3) is 11.7 Å². The molecule has 100 valence electrons. The highest BCUT2D eigenvalue weighted by Crippen LogP contribution is 2.35. The predicted octanol–water partition coefficient (Wildman–Crippen LogP) is 3.12. The minimum absolute atomic E-state index is 0.208. The fraction of sp³-hybridized carbons (Fsp3) is 0.0714. The van der Waals surface area contributed by atoms with E-state index in [1.807, 2.05) is 0 Å². The lowest BCUT2D eigenvalue weighted by Crippen LogP contribution is -2.29. The van der Waals surface area contributed by atoms with Gasteiger partial charge in [0.2, 0.25) is 0 Å². The molecule has 0 unspecified atom stereocenters. The molecule has 3 rings (SSSR count). The minimum Gasteiger partial charge on any atom is -0.300 e. The molecule has 0 N–H and O–H groups in total. The van der Waals surface area contributed by atoms with E-state index in [0.29, 0.717) is 10.7 Å². The Morgan fingerprint density at radius 2 is 1.90 bits per heavy atom. The van der Waals surface area contributed by atoms with Gasteiger partial charge in [-0.3, -0.25) is 14.6 Å². The number of aromatic nitrogens is 1. The summed E-state index contributed by atoms with van der Waals surface area (Å²) in [5, 5.41) is 0.729. The molecule has 4 nitrogen and oxygen atoms in total. The molecule has 0 aliphatic carbocycles.